The summed E-state index contributed by atoms with van der Waals surface area (Å²) in [6, 6.07) is 1.63. The summed E-state index contributed by atoms with van der Waals surface area (Å²) >= 11 is 3.85. The average molecular weight is 473 g/mol. The van der Waals surface area contributed by atoms with Gasteiger partial charge in [-0.3, -0.25) is 4.98 Å². The van der Waals surface area contributed by atoms with E-state index in [1.165, 1.54) is 0 Å². The highest BCUT2D eigenvalue weighted by Gasteiger charge is 2.26. The largest absolute Gasteiger partial charge is 0.377 e. The number of thioether (sulfide) groups is 1. The molecule has 0 fully saturated rings. The minimum Gasteiger partial charge on any atom is -0.377 e. The Labute approximate surface area is 164 Å². The number of aromatic nitrogens is 4. The lowest BCUT2D eigenvalue weighted by molar-refractivity contribution is 0.333. The molecule has 134 valence electrons. The zero-order valence-corrected chi connectivity index (χ0v) is 17.4. The highest BCUT2D eigenvalue weighted by Crippen LogP contribution is 2.38. The minimum absolute atomic E-state index is 0.0150. The van der Waals surface area contributed by atoms with Gasteiger partial charge in [0, 0.05) is 16.5 Å². The van der Waals surface area contributed by atoms with Crippen LogP contribution in [0.4, 0.5) is 10.1 Å². The maximum Gasteiger partial charge on any atom is 0.147 e. The Morgan fingerprint density at radius 1 is 1.36 bits per heavy atom. The number of hydrogen-bond donors (Lipinski definition) is 2. The summed E-state index contributed by atoms with van der Waals surface area (Å²) in [4.78, 5) is 4.20. The molecule has 2 atom stereocenters. The van der Waals surface area contributed by atoms with Crippen LogP contribution in [0.25, 0.3) is 11.3 Å². The molecule has 0 bridgehead atoms. The van der Waals surface area contributed by atoms with Crippen LogP contribution < -0.4 is 5.32 Å². The van der Waals surface area contributed by atoms with Gasteiger partial charge in [0.1, 0.15) is 16.9 Å². The highest BCUT2D eigenvalue weighted by atomic mass is 127. The van der Waals surface area contributed by atoms with E-state index in [1.54, 1.807) is 30.2 Å². The number of hydrogen-bond acceptors (Lipinski definition) is 5. The molecule has 2 N–H and O–H groups in total. The van der Waals surface area contributed by atoms with E-state index in [-0.39, 0.29) is 10.8 Å². The first kappa shape index (κ1) is 18.6. The Kier molecular flexibility index (Phi) is 5.67. The van der Waals surface area contributed by atoms with E-state index in [1.807, 2.05) is 6.07 Å². The number of halogens is 2. The molecule has 0 spiro atoms. The lowest BCUT2D eigenvalue weighted by Gasteiger charge is -2.26. The van der Waals surface area contributed by atoms with Gasteiger partial charge in [0.2, 0.25) is 0 Å². The number of aromatic amines is 1. The normalized spacial score (nSPS) is 21.1. The summed E-state index contributed by atoms with van der Waals surface area (Å²) < 4.78 is 15.5. The van der Waals surface area contributed by atoms with Crippen LogP contribution in [0.5, 0.6) is 0 Å². The van der Waals surface area contributed by atoms with E-state index in [9.17, 15) is 4.39 Å². The lowest BCUT2D eigenvalue weighted by Crippen LogP contribution is -2.32. The molecular formula is C17H21FIN5S. The maximum atomic E-state index is 14.4. The zero-order valence-electron chi connectivity index (χ0n) is 14.4. The number of allylic oxidation sites excluding steroid dienone is 1. The van der Waals surface area contributed by atoms with Crippen molar-refractivity contribution >= 4 is 40.0 Å². The van der Waals surface area contributed by atoms with Gasteiger partial charge in [-0.25, -0.2) is 4.39 Å². The van der Waals surface area contributed by atoms with Crippen LogP contribution in [0.3, 0.4) is 0 Å². The summed E-state index contributed by atoms with van der Waals surface area (Å²) in [5.41, 5.74) is 2.43. The van der Waals surface area contributed by atoms with Gasteiger partial charge in [-0.2, -0.15) is 10.3 Å². The van der Waals surface area contributed by atoms with Gasteiger partial charge in [0.25, 0.3) is 0 Å². The Morgan fingerprint density at radius 2 is 2.16 bits per heavy atom. The quantitative estimate of drug-likeness (QED) is 0.484. The first-order chi connectivity index (χ1) is 11.8. The molecule has 2 heterocycles. The summed E-state index contributed by atoms with van der Waals surface area (Å²) in [5.74, 6) is 0. The van der Waals surface area contributed by atoms with Crippen LogP contribution in [0, 0.1) is 0 Å². The van der Waals surface area contributed by atoms with Crippen molar-refractivity contribution in [3.63, 3.8) is 0 Å². The molecule has 8 heteroatoms. The number of anilines is 1. The molecule has 1 aliphatic carbocycles. The van der Waals surface area contributed by atoms with E-state index < -0.39 is 6.17 Å². The molecule has 2 aromatic rings. The third-order valence-electron chi connectivity index (χ3n) is 3.75. The molecule has 25 heavy (non-hydrogen) atoms. The number of H-pyrrole nitrogens is 1. The number of nitrogens with zero attached hydrogens (tertiary/aromatic N) is 3. The molecule has 0 saturated carbocycles. The third kappa shape index (κ3) is 4.72. The van der Waals surface area contributed by atoms with Crippen LogP contribution in [0.1, 0.15) is 33.6 Å². The van der Waals surface area contributed by atoms with Crippen molar-refractivity contribution in [3.05, 3.63) is 28.1 Å². The minimum atomic E-state index is -1.01. The molecule has 3 rings (SSSR count). The maximum absolute atomic E-state index is 14.4. The molecule has 1 aliphatic rings. The molecule has 0 amide bonds. The van der Waals surface area contributed by atoms with Crippen molar-refractivity contribution in [1.82, 2.24) is 20.4 Å². The van der Waals surface area contributed by atoms with Crippen molar-refractivity contribution in [2.75, 3.05) is 5.32 Å². The zero-order chi connectivity index (χ0) is 18.0. The summed E-state index contributed by atoms with van der Waals surface area (Å²) in [6.07, 6.45) is 5.78. The van der Waals surface area contributed by atoms with Gasteiger partial charge in [-0.05, 0) is 51.2 Å². The fourth-order valence-electron chi connectivity index (χ4n) is 2.65. The van der Waals surface area contributed by atoms with Crippen molar-refractivity contribution in [2.24, 2.45) is 0 Å². The summed E-state index contributed by atoms with van der Waals surface area (Å²) in [7, 11) is 0. The first-order valence-electron chi connectivity index (χ1n) is 8.14. The van der Waals surface area contributed by atoms with Gasteiger partial charge in [-0.15, -0.1) is 5.10 Å². The molecule has 0 aliphatic heterocycles. The second-order valence-electron chi connectivity index (χ2n) is 6.96. The molecule has 2 aromatic heterocycles. The van der Waals surface area contributed by atoms with Crippen LogP contribution in [0.15, 0.2) is 33.1 Å². The van der Waals surface area contributed by atoms with Gasteiger partial charge >= 0.3 is 0 Å². The van der Waals surface area contributed by atoms with Gasteiger partial charge < -0.3 is 5.32 Å². The molecular weight excluding hydrogens is 452 g/mol. The molecule has 0 saturated heterocycles. The topological polar surface area (TPSA) is 66.5 Å². The fourth-order valence-corrected chi connectivity index (χ4v) is 4.22. The van der Waals surface area contributed by atoms with E-state index >= 15 is 0 Å². The van der Waals surface area contributed by atoms with E-state index in [0.29, 0.717) is 0 Å². The Hall–Kier alpha value is -1.16. The lowest BCUT2D eigenvalue weighted by atomic mass is 9.99. The average Bonchev–Trinajstić information content (AvgIpc) is 2.96. The van der Waals surface area contributed by atoms with Crippen molar-refractivity contribution in [3.8, 4) is 11.3 Å². The molecule has 2 unspecified atom stereocenters. The summed E-state index contributed by atoms with van der Waals surface area (Å²) in [6.45, 7) is 6.39. The monoisotopic (exact) mass is 473 g/mol. The second-order valence-corrected chi connectivity index (χ2v) is 10.2. The number of nitrogens with one attached hydrogen (secondary N) is 2. The van der Waals surface area contributed by atoms with E-state index in [0.717, 1.165) is 38.4 Å². The smallest absolute Gasteiger partial charge is 0.147 e. The van der Waals surface area contributed by atoms with Crippen molar-refractivity contribution in [2.45, 2.75) is 55.6 Å². The van der Waals surface area contributed by atoms with Crippen LogP contribution in [-0.2, 0) is 0 Å². The van der Waals surface area contributed by atoms with Crippen LogP contribution >= 0.6 is 34.4 Å². The Morgan fingerprint density at radius 3 is 2.88 bits per heavy atom. The number of alkyl halides is 1. The summed E-state index contributed by atoms with van der Waals surface area (Å²) in [5, 5.41) is 15.5. The fraction of sp³-hybridized carbons (Fsp3) is 0.471. The second kappa shape index (κ2) is 7.61. The predicted molar refractivity (Wildman–Crippen MR) is 109 cm³/mol. The van der Waals surface area contributed by atoms with Crippen molar-refractivity contribution in [1.29, 1.82) is 0 Å². The number of rotatable bonds is 4. The van der Waals surface area contributed by atoms with Crippen LogP contribution in [0.2, 0.25) is 0 Å². The van der Waals surface area contributed by atoms with Gasteiger partial charge in [0.05, 0.1) is 17.9 Å². The first-order valence-corrected chi connectivity index (χ1v) is 10.0. The van der Waals surface area contributed by atoms with Gasteiger partial charge in [-0.1, -0.05) is 32.5 Å². The van der Waals surface area contributed by atoms with Crippen LogP contribution in [-0.4, -0.2) is 37.4 Å². The standard InChI is InChI=1S/C17H21FIN5S/c1-17(2,3)25-16-15(22-24-23-16)11-6-7-20-9-14(11)21-13-5-4-10(19)8-12(13)18/h6-9,12-13,21H,4-5H2,1-3H3,(H,22,23,24). The molecule has 0 aromatic carbocycles. The highest BCUT2D eigenvalue weighted by molar-refractivity contribution is 14.1. The predicted octanol–water partition coefficient (Wildman–Crippen LogP) is 4.99. The van der Waals surface area contributed by atoms with E-state index in [4.69, 9.17) is 0 Å². The van der Waals surface area contributed by atoms with Crippen molar-refractivity contribution < 1.29 is 4.39 Å². The molecule has 5 nitrogen and oxygen atoms in total. The Balaban J connectivity index is 1.89. The third-order valence-corrected chi connectivity index (χ3v) is 5.74. The molecule has 0 radical (unpaired) electrons. The van der Waals surface area contributed by atoms with E-state index in [2.05, 4.69) is 69.1 Å². The number of pyridine rings is 1. The van der Waals surface area contributed by atoms with Gasteiger partial charge in [0.15, 0.2) is 0 Å². The Bertz CT molecular complexity index is 770. The SMILES string of the molecule is CC(C)(C)Sc1n[nH]nc1-c1ccncc1NC1CCC(I)=CC1F.